The van der Waals surface area contributed by atoms with Gasteiger partial charge in [-0.1, -0.05) is 17.7 Å². The van der Waals surface area contributed by atoms with Gasteiger partial charge >= 0.3 is 11.8 Å². The normalized spacial score (nSPS) is 10.6. The number of benzene rings is 3. The van der Waals surface area contributed by atoms with Crippen molar-refractivity contribution in [3.63, 3.8) is 0 Å². The fourth-order valence-corrected chi connectivity index (χ4v) is 3.91. The highest BCUT2D eigenvalue weighted by atomic mass is 35.5. The summed E-state index contributed by atoms with van der Waals surface area (Å²) >= 11 is 6.12. The summed E-state index contributed by atoms with van der Waals surface area (Å²) < 4.78 is 6.37. The summed E-state index contributed by atoms with van der Waals surface area (Å²) in [4.78, 5) is 38.5. The number of carbonyl (C=O) groups excluding carboxylic acids is 3. The van der Waals surface area contributed by atoms with Gasteiger partial charge in [-0.2, -0.15) is 0 Å². The Bertz CT molecular complexity index is 1420. The van der Waals surface area contributed by atoms with Gasteiger partial charge in [-0.05, 0) is 85.6 Å². The maximum atomic E-state index is 13.2. The first-order valence-electron chi connectivity index (χ1n) is 10.7. The minimum absolute atomic E-state index is 0.132. The van der Waals surface area contributed by atoms with Crippen LogP contribution in [0.3, 0.4) is 0 Å². The second kappa shape index (κ2) is 9.90. The average Bonchev–Trinajstić information content (AvgIpc) is 3.16. The first-order chi connectivity index (χ1) is 16.7. The van der Waals surface area contributed by atoms with Crippen LogP contribution in [-0.4, -0.2) is 29.5 Å². The maximum Gasteiger partial charge on any atom is 0.328 e. The number of hydrogen-bond donors (Lipinski definition) is 3. The molecule has 0 atom stereocenters. The quantitative estimate of drug-likeness (QED) is 0.347. The van der Waals surface area contributed by atoms with Crippen molar-refractivity contribution in [3.8, 4) is 5.75 Å². The molecule has 1 heterocycles. The zero-order valence-corrected chi connectivity index (χ0v) is 20.1. The molecule has 0 unspecified atom stereocenters. The fourth-order valence-electron chi connectivity index (χ4n) is 3.73. The van der Waals surface area contributed by atoms with Gasteiger partial charge in [0.25, 0.3) is 5.91 Å². The average molecular weight is 491 g/mol. The smallest absolute Gasteiger partial charge is 0.328 e. The Morgan fingerprint density at radius 2 is 1.49 bits per heavy atom. The summed E-state index contributed by atoms with van der Waals surface area (Å²) in [7, 11) is 1.53. The van der Waals surface area contributed by atoms with Crippen LogP contribution < -0.4 is 20.8 Å². The lowest BCUT2D eigenvalue weighted by Gasteiger charge is -2.13. The van der Waals surface area contributed by atoms with E-state index in [1.54, 1.807) is 48.5 Å². The van der Waals surface area contributed by atoms with Gasteiger partial charge in [0.2, 0.25) is 0 Å². The second-order valence-corrected chi connectivity index (χ2v) is 8.46. The molecule has 0 radical (unpaired) electrons. The van der Waals surface area contributed by atoms with E-state index in [9.17, 15) is 14.4 Å². The number of ether oxygens (including phenoxy) is 1. The Hall–Kier alpha value is -4.30. The van der Waals surface area contributed by atoms with E-state index in [4.69, 9.17) is 16.3 Å². The second-order valence-electron chi connectivity index (χ2n) is 8.02. The lowest BCUT2D eigenvalue weighted by molar-refractivity contribution is -0.133. The minimum Gasteiger partial charge on any atom is -0.497 e. The monoisotopic (exact) mass is 490 g/mol. The van der Waals surface area contributed by atoms with E-state index in [2.05, 4.69) is 16.1 Å². The van der Waals surface area contributed by atoms with Crippen LogP contribution in [0.1, 0.15) is 21.6 Å². The largest absolute Gasteiger partial charge is 0.497 e. The molecule has 0 bridgehead atoms. The van der Waals surface area contributed by atoms with Crippen molar-refractivity contribution >= 4 is 51.6 Å². The summed E-state index contributed by atoms with van der Waals surface area (Å²) in [6, 6.07) is 18.8. The fraction of sp³-hybridized carbons (Fsp3) is 0.115. The van der Waals surface area contributed by atoms with E-state index in [1.807, 2.05) is 32.0 Å². The number of nitrogens with zero attached hydrogens (tertiary/aromatic N) is 1. The topological polar surface area (TPSA) is 101 Å². The van der Waals surface area contributed by atoms with Crippen LogP contribution in [0.5, 0.6) is 5.75 Å². The first kappa shape index (κ1) is 23.8. The summed E-state index contributed by atoms with van der Waals surface area (Å²) in [5.74, 6) is -1.69. The number of carbonyl (C=O) groups is 3. The van der Waals surface area contributed by atoms with E-state index in [0.717, 1.165) is 11.1 Å². The van der Waals surface area contributed by atoms with Crippen LogP contribution in [-0.2, 0) is 9.59 Å². The van der Waals surface area contributed by atoms with E-state index in [-0.39, 0.29) is 5.69 Å². The van der Waals surface area contributed by atoms with Crippen molar-refractivity contribution < 1.29 is 19.1 Å². The number of hydrogen-bond acceptors (Lipinski definition) is 4. The van der Waals surface area contributed by atoms with Crippen molar-refractivity contribution in [2.45, 2.75) is 13.8 Å². The van der Waals surface area contributed by atoms with Gasteiger partial charge in [0.05, 0.1) is 12.6 Å². The van der Waals surface area contributed by atoms with Gasteiger partial charge in [0.15, 0.2) is 0 Å². The van der Waals surface area contributed by atoms with Crippen molar-refractivity contribution in [1.82, 2.24) is 4.68 Å². The minimum atomic E-state index is -0.950. The molecule has 1 aromatic heterocycles. The number of methoxy groups -OCH3 is 1. The highest BCUT2D eigenvalue weighted by Gasteiger charge is 2.21. The van der Waals surface area contributed by atoms with E-state index < -0.39 is 17.7 Å². The van der Waals surface area contributed by atoms with Crippen LogP contribution in [0, 0.1) is 13.8 Å². The predicted octanol–water partition coefficient (Wildman–Crippen LogP) is 4.88. The van der Waals surface area contributed by atoms with Gasteiger partial charge in [-0.25, -0.2) is 4.68 Å². The van der Waals surface area contributed by atoms with Crippen LogP contribution >= 0.6 is 11.6 Å². The third-order valence-corrected chi connectivity index (χ3v) is 5.48. The first-order valence-corrected chi connectivity index (χ1v) is 11.1. The summed E-state index contributed by atoms with van der Waals surface area (Å²) in [6.07, 6.45) is 0. The van der Waals surface area contributed by atoms with Crippen molar-refractivity contribution in [3.05, 3.63) is 88.6 Å². The third-order valence-electron chi connectivity index (χ3n) is 5.24. The number of nitrogens with one attached hydrogen (secondary N) is 3. The Kier molecular flexibility index (Phi) is 6.75. The number of amides is 3. The molecule has 3 amide bonds. The highest BCUT2D eigenvalue weighted by Crippen LogP contribution is 2.24. The molecule has 178 valence electrons. The number of aromatic nitrogens is 1. The zero-order chi connectivity index (χ0) is 25.1. The van der Waals surface area contributed by atoms with E-state index in [0.29, 0.717) is 33.0 Å². The number of anilines is 2. The third kappa shape index (κ3) is 5.44. The molecule has 0 aliphatic heterocycles. The number of halogens is 1. The molecule has 35 heavy (non-hydrogen) atoms. The molecule has 0 fully saturated rings. The van der Waals surface area contributed by atoms with Gasteiger partial charge in [0.1, 0.15) is 11.4 Å². The highest BCUT2D eigenvalue weighted by molar-refractivity contribution is 6.42. The Morgan fingerprint density at radius 3 is 2.14 bits per heavy atom. The molecule has 3 N–H and O–H groups in total. The van der Waals surface area contributed by atoms with Crippen LogP contribution in [0.25, 0.3) is 10.9 Å². The van der Waals surface area contributed by atoms with Crippen molar-refractivity contribution in [1.29, 1.82) is 0 Å². The van der Waals surface area contributed by atoms with Crippen LogP contribution in [0.15, 0.2) is 66.7 Å². The Morgan fingerprint density at radius 1 is 0.800 bits per heavy atom. The molecule has 0 aliphatic carbocycles. The molecule has 4 aromatic rings. The molecule has 0 aliphatic rings. The number of rotatable bonds is 5. The molecule has 0 saturated heterocycles. The van der Waals surface area contributed by atoms with Gasteiger partial charge in [-0.15, -0.1) is 0 Å². The van der Waals surface area contributed by atoms with E-state index >= 15 is 0 Å². The Balaban J connectivity index is 1.61. The maximum absolute atomic E-state index is 13.2. The Labute approximate surface area is 206 Å². The van der Waals surface area contributed by atoms with Gasteiger partial charge in [0, 0.05) is 21.8 Å². The summed E-state index contributed by atoms with van der Waals surface area (Å²) in [6.45, 7) is 3.87. The molecule has 3 aromatic carbocycles. The molecule has 4 rings (SSSR count). The molecular weight excluding hydrogens is 468 g/mol. The standard InChI is InChI=1S/C26H23ClN4O4/c1-15-10-16(2)12-20(11-15)29-24(32)23-14-17-13-18(27)4-9-22(17)31(23)30-26(34)25(33)28-19-5-7-21(35-3)8-6-19/h4-14H,1-3H3,(H,28,33)(H,29,32)(H,30,34). The molecule has 0 spiro atoms. The van der Waals surface area contributed by atoms with Gasteiger partial charge < -0.3 is 15.4 Å². The van der Waals surface area contributed by atoms with Crippen LogP contribution in [0.4, 0.5) is 11.4 Å². The van der Waals surface area contributed by atoms with Crippen molar-refractivity contribution in [2.24, 2.45) is 0 Å². The van der Waals surface area contributed by atoms with E-state index in [1.165, 1.54) is 11.8 Å². The molecular formula is C26H23ClN4O4. The summed E-state index contributed by atoms with van der Waals surface area (Å²) in [5, 5.41) is 6.47. The molecule has 0 saturated carbocycles. The summed E-state index contributed by atoms with van der Waals surface area (Å²) in [5.41, 5.74) is 6.19. The lowest BCUT2D eigenvalue weighted by Crippen LogP contribution is -2.36. The molecule has 8 nitrogen and oxygen atoms in total. The zero-order valence-electron chi connectivity index (χ0n) is 19.3. The number of fused-ring (bicyclic) bond motifs is 1. The molecule has 9 heteroatoms. The predicted molar refractivity (Wildman–Crippen MR) is 137 cm³/mol. The SMILES string of the molecule is COc1ccc(NC(=O)C(=O)Nn2c(C(=O)Nc3cc(C)cc(C)c3)cc3cc(Cl)ccc32)cc1. The van der Waals surface area contributed by atoms with Crippen molar-refractivity contribution in [2.75, 3.05) is 23.2 Å². The number of aryl methyl sites for hydroxylation is 2. The van der Waals surface area contributed by atoms with Gasteiger partial charge in [-0.3, -0.25) is 19.8 Å². The van der Waals surface area contributed by atoms with Crippen LogP contribution in [0.2, 0.25) is 5.02 Å². The lowest BCUT2D eigenvalue weighted by atomic mass is 10.1.